The van der Waals surface area contributed by atoms with Gasteiger partial charge in [0.1, 0.15) is 5.75 Å². The van der Waals surface area contributed by atoms with Crippen LogP contribution >= 0.6 is 22.9 Å². The SMILES string of the molecule is Cc1cc(Cl)ccc1OCC(=O)N(Cc1sccc1C)[C@H]1CCS(=O)(=O)C1. The van der Waals surface area contributed by atoms with Crippen LogP contribution in [0.1, 0.15) is 22.4 Å². The summed E-state index contributed by atoms with van der Waals surface area (Å²) in [6.07, 6.45) is 0.471. The van der Waals surface area contributed by atoms with Crippen LogP contribution < -0.4 is 4.74 Å². The summed E-state index contributed by atoms with van der Waals surface area (Å²) in [5, 5.41) is 2.59. The normalized spacial score (nSPS) is 18.4. The van der Waals surface area contributed by atoms with Crippen LogP contribution in [0, 0.1) is 13.8 Å². The molecule has 0 unspecified atom stereocenters. The Kier molecular flexibility index (Phi) is 6.13. The second-order valence-corrected chi connectivity index (χ2v) is 10.5. The molecule has 0 radical (unpaired) electrons. The monoisotopic (exact) mass is 427 g/mol. The van der Waals surface area contributed by atoms with Crippen molar-refractivity contribution in [1.82, 2.24) is 4.90 Å². The number of hydrogen-bond acceptors (Lipinski definition) is 5. The molecule has 1 atom stereocenters. The Morgan fingerprint density at radius 3 is 2.67 bits per heavy atom. The highest BCUT2D eigenvalue weighted by Gasteiger charge is 2.35. The Morgan fingerprint density at radius 1 is 1.30 bits per heavy atom. The highest BCUT2D eigenvalue weighted by Crippen LogP contribution is 2.25. The second kappa shape index (κ2) is 8.20. The molecule has 2 aromatic rings. The predicted molar refractivity (Wildman–Crippen MR) is 108 cm³/mol. The zero-order valence-corrected chi connectivity index (χ0v) is 17.7. The number of amides is 1. The first-order valence-corrected chi connectivity index (χ1v) is 11.7. The molecule has 0 N–H and O–H groups in total. The highest BCUT2D eigenvalue weighted by atomic mass is 35.5. The minimum atomic E-state index is -3.09. The standard InChI is InChI=1S/C19H22ClNO4S2/c1-13-5-7-26-18(13)10-21(16-6-8-27(23,24)12-16)19(22)11-25-17-4-3-15(20)9-14(17)2/h3-5,7,9,16H,6,8,10-12H2,1-2H3/t16-/m0/s1. The predicted octanol–water partition coefficient (Wildman–Crippen LogP) is 3.61. The van der Waals surface area contributed by atoms with Crippen LogP contribution in [0.15, 0.2) is 29.6 Å². The molecule has 1 aliphatic heterocycles. The summed E-state index contributed by atoms with van der Waals surface area (Å²) in [5.74, 6) is 0.531. The van der Waals surface area contributed by atoms with E-state index in [-0.39, 0.29) is 30.1 Å². The van der Waals surface area contributed by atoms with Crippen molar-refractivity contribution >= 4 is 38.7 Å². The summed E-state index contributed by atoms with van der Waals surface area (Å²) in [4.78, 5) is 15.6. The van der Waals surface area contributed by atoms with Gasteiger partial charge in [0.25, 0.3) is 5.91 Å². The van der Waals surface area contributed by atoms with E-state index < -0.39 is 9.84 Å². The summed E-state index contributed by atoms with van der Waals surface area (Å²) >= 11 is 7.52. The lowest BCUT2D eigenvalue weighted by atomic mass is 10.2. The Labute approximate surface area is 168 Å². The molecule has 5 nitrogen and oxygen atoms in total. The number of rotatable bonds is 6. The maximum absolute atomic E-state index is 12.9. The van der Waals surface area contributed by atoms with Crippen molar-refractivity contribution < 1.29 is 17.9 Å². The molecule has 1 saturated heterocycles. The fourth-order valence-corrected chi connectivity index (χ4v) is 6.02. The maximum atomic E-state index is 12.9. The van der Waals surface area contributed by atoms with Gasteiger partial charge in [-0.05, 0) is 61.0 Å². The van der Waals surface area contributed by atoms with Gasteiger partial charge in [0, 0.05) is 15.9 Å². The number of aryl methyl sites for hydroxylation is 2. The molecule has 1 aromatic carbocycles. The first-order chi connectivity index (χ1) is 12.7. The largest absolute Gasteiger partial charge is 0.483 e. The fourth-order valence-electron chi connectivity index (χ4n) is 3.16. The number of hydrogen-bond donors (Lipinski definition) is 0. The average molecular weight is 428 g/mol. The molecule has 2 heterocycles. The number of sulfone groups is 1. The van der Waals surface area contributed by atoms with Gasteiger partial charge in [-0.2, -0.15) is 0 Å². The molecule has 1 aromatic heterocycles. The fraction of sp³-hybridized carbons (Fsp3) is 0.421. The van der Waals surface area contributed by atoms with Gasteiger partial charge >= 0.3 is 0 Å². The van der Waals surface area contributed by atoms with E-state index in [1.165, 1.54) is 0 Å². The van der Waals surface area contributed by atoms with E-state index in [0.717, 1.165) is 16.0 Å². The highest BCUT2D eigenvalue weighted by molar-refractivity contribution is 7.91. The van der Waals surface area contributed by atoms with E-state index in [9.17, 15) is 13.2 Å². The Balaban J connectivity index is 1.75. The third-order valence-corrected chi connectivity index (χ3v) is 7.73. The summed E-state index contributed by atoms with van der Waals surface area (Å²) < 4.78 is 29.5. The molecule has 0 spiro atoms. The maximum Gasteiger partial charge on any atom is 0.261 e. The van der Waals surface area contributed by atoms with Crippen molar-refractivity contribution in [3.8, 4) is 5.75 Å². The summed E-state index contributed by atoms with van der Waals surface area (Å²) in [6.45, 7) is 4.13. The van der Waals surface area contributed by atoms with Crippen molar-refractivity contribution in [3.05, 3.63) is 50.7 Å². The van der Waals surface area contributed by atoms with Gasteiger partial charge in [-0.25, -0.2) is 8.42 Å². The smallest absolute Gasteiger partial charge is 0.261 e. The van der Waals surface area contributed by atoms with E-state index in [1.54, 1.807) is 34.4 Å². The van der Waals surface area contributed by atoms with Gasteiger partial charge in [0.05, 0.1) is 18.1 Å². The number of thiophene rings is 1. The molecule has 0 saturated carbocycles. The zero-order chi connectivity index (χ0) is 19.6. The zero-order valence-electron chi connectivity index (χ0n) is 15.3. The van der Waals surface area contributed by atoms with E-state index >= 15 is 0 Å². The molecule has 0 aliphatic carbocycles. The number of halogens is 1. The van der Waals surface area contributed by atoms with Crippen LogP contribution in [0.2, 0.25) is 5.02 Å². The molecule has 3 rings (SSSR count). The minimum absolute atomic E-state index is 0.0170. The van der Waals surface area contributed by atoms with Crippen LogP contribution in [0.3, 0.4) is 0 Å². The summed E-state index contributed by atoms with van der Waals surface area (Å²) in [7, 11) is -3.09. The molecular weight excluding hydrogens is 406 g/mol. The summed E-state index contributed by atoms with van der Waals surface area (Å²) in [5.41, 5.74) is 1.95. The number of ether oxygens (including phenoxy) is 1. The first-order valence-electron chi connectivity index (χ1n) is 8.67. The van der Waals surface area contributed by atoms with Crippen molar-refractivity contribution in [2.24, 2.45) is 0 Å². The lowest BCUT2D eigenvalue weighted by Gasteiger charge is -2.28. The number of nitrogens with zero attached hydrogens (tertiary/aromatic N) is 1. The number of carbonyl (C=O) groups is 1. The third kappa shape index (κ3) is 5.03. The van der Waals surface area contributed by atoms with Gasteiger partial charge in [0.15, 0.2) is 16.4 Å². The molecule has 27 heavy (non-hydrogen) atoms. The molecule has 0 bridgehead atoms. The van der Waals surface area contributed by atoms with Gasteiger partial charge in [0.2, 0.25) is 0 Å². The van der Waals surface area contributed by atoms with E-state index in [1.807, 2.05) is 25.3 Å². The van der Waals surface area contributed by atoms with Crippen LogP contribution in [0.4, 0.5) is 0 Å². The van der Waals surface area contributed by atoms with E-state index in [2.05, 4.69) is 0 Å². The van der Waals surface area contributed by atoms with E-state index in [4.69, 9.17) is 16.3 Å². The first kappa shape index (κ1) is 20.2. The number of benzene rings is 1. The Bertz CT molecular complexity index is 939. The van der Waals surface area contributed by atoms with Crippen molar-refractivity contribution in [3.63, 3.8) is 0 Å². The minimum Gasteiger partial charge on any atom is -0.483 e. The Morgan fingerprint density at radius 2 is 2.07 bits per heavy atom. The topological polar surface area (TPSA) is 63.7 Å². The molecule has 1 aliphatic rings. The lowest BCUT2D eigenvalue weighted by Crippen LogP contribution is -2.43. The van der Waals surface area contributed by atoms with Gasteiger partial charge < -0.3 is 9.64 Å². The number of carbonyl (C=O) groups excluding carboxylic acids is 1. The van der Waals surface area contributed by atoms with Gasteiger partial charge in [-0.1, -0.05) is 11.6 Å². The average Bonchev–Trinajstić information content (AvgIpc) is 3.16. The van der Waals surface area contributed by atoms with Crippen LogP contribution in [-0.2, 0) is 21.2 Å². The molecule has 146 valence electrons. The van der Waals surface area contributed by atoms with Crippen LogP contribution in [-0.4, -0.2) is 43.4 Å². The molecular formula is C19H22ClNO4S2. The van der Waals surface area contributed by atoms with Crippen molar-refractivity contribution in [2.45, 2.75) is 32.9 Å². The Hall–Kier alpha value is -1.57. The van der Waals surface area contributed by atoms with Gasteiger partial charge in [-0.3, -0.25) is 4.79 Å². The molecule has 1 fully saturated rings. The molecule has 8 heteroatoms. The molecule has 1 amide bonds. The lowest BCUT2D eigenvalue weighted by molar-refractivity contribution is -0.135. The quantitative estimate of drug-likeness (QED) is 0.706. The summed E-state index contributed by atoms with van der Waals surface area (Å²) in [6, 6.07) is 6.92. The van der Waals surface area contributed by atoms with E-state index in [0.29, 0.717) is 23.7 Å². The van der Waals surface area contributed by atoms with Gasteiger partial charge in [-0.15, -0.1) is 11.3 Å². The van der Waals surface area contributed by atoms with Crippen LogP contribution in [0.5, 0.6) is 5.75 Å². The van der Waals surface area contributed by atoms with Crippen molar-refractivity contribution in [2.75, 3.05) is 18.1 Å². The van der Waals surface area contributed by atoms with Crippen molar-refractivity contribution in [1.29, 1.82) is 0 Å². The third-order valence-electron chi connectivity index (χ3n) is 4.74. The van der Waals surface area contributed by atoms with Crippen LogP contribution in [0.25, 0.3) is 0 Å². The second-order valence-electron chi connectivity index (χ2n) is 6.80.